The van der Waals surface area contributed by atoms with Crippen LogP contribution in [-0.2, 0) is 6.18 Å². The van der Waals surface area contributed by atoms with E-state index in [4.69, 9.17) is 0 Å². The van der Waals surface area contributed by atoms with Gasteiger partial charge in [-0.3, -0.25) is 14.3 Å². The average molecular weight is 254 g/mol. The number of halogens is 3. The summed E-state index contributed by atoms with van der Waals surface area (Å²) >= 11 is 0. The van der Waals surface area contributed by atoms with Gasteiger partial charge < -0.3 is 0 Å². The summed E-state index contributed by atoms with van der Waals surface area (Å²) in [4.78, 5) is 15.3. The zero-order valence-corrected chi connectivity index (χ0v) is 9.40. The normalized spacial score (nSPS) is 11.6. The average Bonchev–Trinajstić information content (AvgIpc) is 2.28. The van der Waals surface area contributed by atoms with Gasteiger partial charge in [-0.25, -0.2) is 0 Å². The van der Waals surface area contributed by atoms with Crippen molar-refractivity contribution in [3.05, 3.63) is 58.3 Å². The molecule has 0 N–H and O–H groups in total. The maximum atomic E-state index is 12.6. The highest BCUT2D eigenvalue weighted by Crippen LogP contribution is 2.30. The lowest BCUT2D eigenvalue weighted by Crippen LogP contribution is -2.20. The number of aryl methyl sites for hydroxylation is 1. The van der Waals surface area contributed by atoms with E-state index in [9.17, 15) is 18.0 Å². The Morgan fingerprint density at radius 3 is 2.56 bits per heavy atom. The van der Waals surface area contributed by atoms with Gasteiger partial charge in [0.2, 0.25) is 0 Å². The molecule has 2 rings (SSSR count). The highest BCUT2D eigenvalue weighted by atomic mass is 19.4. The Morgan fingerprint density at radius 2 is 1.94 bits per heavy atom. The van der Waals surface area contributed by atoms with Gasteiger partial charge in [0.25, 0.3) is 5.56 Å². The molecular weight excluding hydrogens is 245 g/mol. The molecule has 0 bridgehead atoms. The molecule has 18 heavy (non-hydrogen) atoms. The molecule has 1 heterocycles. The van der Waals surface area contributed by atoms with Gasteiger partial charge in [0.1, 0.15) is 0 Å². The van der Waals surface area contributed by atoms with Crippen LogP contribution >= 0.6 is 0 Å². The Labute approximate surface area is 101 Å². The Balaban J connectivity index is 2.63. The van der Waals surface area contributed by atoms with Crippen LogP contribution in [0.1, 0.15) is 11.3 Å². The van der Waals surface area contributed by atoms with Crippen LogP contribution < -0.4 is 5.56 Å². The SMILES string of the molecule is Cc1cncc(=O)n1-c1cccc(C(F)(F)F)c1. The summed E-state index contributed by atoms with van der Waals surface area (Å²) in [5, 5.41) is 0. The lowest BCUT2D eigenvalue weighted by Gasteiger charge is -2.12. The molecule has 94 valence electrons. The summed E-state index contributed by atoms with van der Waals surface area (Å²) in [5.74, 6) is 0. The van der Waals surface area contributed by atoms with Crippen LogP contribution in [0, 0.1) is 6.92 Å². The summed E-state index contributed by atoms with van der Waals surface area (Å²) in [6.45, 7) is 1.61. The minimum Gasteiger partial charge on any atom is -0.279 e. The van der Waals surface area contributed by atoms with Crippen molar-refractivity contribution in [2.24, 2.45) is 0 Å². The van der Waals surface area contributed by atoms with Crippen LogP contribution in [-0.4, -0.2) is 9.55 Å². The molecule has 0 atom stereocenters. The van der Waals surface area contributed by atoms with Crippen molar-refractivity contribution in [1.82, 2.24) is 9.55 Å². The number of alkyl halides is 3. The first-order valence-corrected chi connectivity index (χ1v) is 5.11. The van der Waals surface area contributed by atoms with Crippen molar-refractivity contribution in [1.29, 1.82) is 0 Å². The number of hydrogen-bond donors (Lipinski definition) is 0. The Morgan fingerprint density at radius 1 is 1.22 bits per heavy atom. The van der Waals surface area contributed by atoms with E-state index in [0.29, 0.717) is 5.69 Å². The first kappa shape index (κ1) is 12.3. The van der Waals surface area contributed by atoms with Crippen LogP contribution in [0.25, 0.3) is 5.69 Å². The molecule has 0 aliphatic heterocycles. The van der Waals surface area contributed by atoms with Gasteiger partial charge in [-0.1, -0.05) is 6.07 Å². The molecule has 0 fully saturated rings. The lowest BCUT2D eigenvalue weighted by molar-refractivity contribution is -0.137. The smallest absolute Gasteiger partial charge is 0.279 e. The molecule has 1 aromatic carbocycles. The molecule has 6 heteroatoms. The van der Waals surface area contributed by atoms with Gasteiger partial charge in [-0.2, -0.15) is 13.2 Å². The van der Waals surface area contributed by atoms with E-state index >= 15 is 0 Å². The van der Waals surface area contributed by atoms with E-state index in [1.54, 1.807) is 6.92 Å². The van der Waals surface area contributed by atoms with Gasteiger partial charge in [-0.15, -0.1) is 0 Å². The van der Waals surface area contributed by atoms with Crippen molar-refractivity contribution in [2.45, 2.75) is 13.1 Å². The molecule has 0 aliphatic carbocycles. The summed E-state index contributed by atoms with van der Waals surface area (Å²) in [6.07, 6.45) is -1.95. The molecule has 0 spiro atoms. The molecule has 3 nitrogen and oxygen atoms in total. The van der Waals surface area contributed by atoms with Gasteiger partial charge in [-0.05, 0) is 25.1 Å². The number of hydrogen-bond acceptors (Lipinski definition) is 2. The highest BCUT2D eigenvalue weighted by molar-refractivity contribution is 5.38. The molecule has 0 radical (unpaired) electrons. The third-order valence-corrected chi connectivity index (χ3v) is 2.45. The third-order valence-electron chi connectivity index (χ3n) is 2.45. The first-order valence-electron chi connectivity index (χ1n) is 5.11. The standard InChI is InChI=1S/C12H9F3N2O/c1-8-6-16-7-11(18)17(8)10-4-2-3-9(5-10)12(13,14)15/h2-7H,1H3. The van der Waals surface area contributed by atoms with E-state index in [1.165, 1.54) is 22.9 Å². The van der Waals surface area contributed by atoms with Crippen molar-refractivity contribution in [3.8, 4) is 5.69 Å². The van der Waals surface area contributed by atoms with Gasteiger partial charge >= 0.3 is 6.18 Å². The second-order valence-electron chi connectivity index (χ2n) is 3.77. The molecule has 1 aromatic heterocycles. The summed E-state index contributed by atoms with van der Waals surface area (Å²) in [6, 6.07) is 4.62. The number of benzene rings is 1. The van der Waals surface area contributed by atoms with Crippen LogP contribution in [0.4, 0.5) is 13.2 Å². The Kier molecular flexibility index (Phi) is 2.94. The van der Waals surface area contributed by atoms with Crippen molar-refractivity contribution in [2.75, 3.05) is 0 Å². The van der Waals surface area contributed by atoms with Crippen LogP contribution in [0.2, 0.25) is 0 Å². The molecule has 2 aromatic rings. The lowest BCUT2D eigenvalue weighted by atomic mass is 10.2. The predicted molar refractivity (Wildman–Crippen MR) is 59.6 cm³/mol. The minimum absolute atomic E-state index is 0.176. The Bertz CT molecular complexity index is 632. The largest absolute Gasteiger partial charge is 0.416 e. The summed E-state index contributed by atoms with van der Waals surface area (Å²) < 4.78 is 38.9. The molecule has 0 unspecified atom stereocenters. The quantitative estimate of drug-likeness (QED) is 0.783. The number of aromatic nitrogens is 2. The zero-order valence-electron chi connectivity index (χ0n) is 9.40. The molecular formula is C12H9F3N2O. The zero-order chi connectivity index (χ0) is 13.3. The van der Waals surface area contributed by atoms with E-state index in [1.807, 2.05) is 0 Å². The maximum absolute atomic E-state index is 12.6. The second kappa shape index (κ2) is 4.29. The first-order chi connectivity index (χ1) is 8.39. The van der Waals surface area contributed by atoms with Gasteiger partial charge in [0, 0.05) is 17.6 Å². The molecule has 0 saturated carbocycles. The van der Waals surface area contributed by atoms with Crippen LogP contribution in [0.5, 0.6) is 0 Å². The van der Waals surface area contributed by atoms with E-state index < -0.39 is 17.3 Å². The topological polar surface area (TPSA) is 34.9 Å². The van der Waals surface area contributed by atoms with E-state index in [0.717, 1.165) is 18.3 Å². The molecule has 0 aliphatic rings. The van der Waals surface area contributed by atoms with Gasteiger partial charge in [0.15, 0.2) is 0 Å². The summed E-state index contributed by atoms with van der Waals surface area (Å²) in [7, 11) is 0. The molecule has 0 saturated heterocycles. The fourth-order valence-corrected chi connectivity index (χ4v) is 1.65. The monoisotopic (exact) mass is 254 g/mol. The summed E-state index contributed by atoms with van der Waals surface area (Å²) in [5.41, 5.74) is -0.603. The third kappa shape index (κ3) is 2.27. The minimum atomic E-state index is -4.43. The number of rotatable bonds is 1. The number of nitrogens with zero attached hydrogens (tertiary/aromatic N) is 2. The van der Waals surface area contributed by atoms with Crippen LogP contribution in [0.3, 0.4) is 0 Å². The van der Waals surface area contributed by atoms with Gasteiger partial charge in [0.05, 0.1) is 11.8 Å². The fourth-order valence-electron chi connectivity index (χ4n) is 1.65. The molecule has 0 amide bonds. The van der Waals surface area contributed by atoms with Crippen molar-refractivity contribution < 1.29 is 13.2 Å². The van der Waals surface area contributed by atoms with Crippen LogP contribution in [0.15, 0.2) is 41.5 Å². The highest BCUT2D eigenvalue weighted by Gasteiger charge is 2.30. The Hall–Kier alpha value is -2.11. The maximum Gasteiger partial charge on any atom is 0.416 e. The fraction of sp³-hybridized carbons (Fsp3) is 0.167. The predicted octanol–water partition coefficient (Wildman–Crippen LogP) is 2.56. The van der Waals surface area contributed by atoms with Crippen molar-refractivity contribution in [3.63, 3.8) is 0 Å². The van der Waals surface area contributed by atoms with Crippen molar-refractivity contribution >= 4 is 0 Å². The second-order valence-corrected chi connectivity index (χ2v) is 3.77. The van der Waals surface area contributed by atoms with E-state index in [-0.39, 0.29) is 5.69 Å². The van der Waals surface area contributed by atoms with E-state index in [2.05, 4.69) is 4.98 Å².